The van der Waals surface area contributed by atoms with Crippen molar-refractivity contribution >= 4 is 5.91 Å². The van der Waals surface area contributed by atoms with Gasteiger partial charge in [-0.1, -0.05) is 6.92 Å². The van der Waals surface area contributed by atoms with Crippen molar-refractivity contribution in [3.63, 3.8) is 0 Å². The highest BCUT2D eigenvalue weighted by Gasteiger charge is 2.19. The number of amides is 1. The SMILES string of the molecule is CCc1oc(C(=O)N[C@H]2CCCNC2)cc1C. The second kappa shape index (κ2) is 5.36. The second-order valence-corrected chi connectivity index (χ2v) is 4.59. The summed E-state index contributed by atoms with van der Waals surface area (Å²) in [6.07, 6.45) is 2.98. The quantitative estimate of drug-likeness (QED) is 0.838. The fourth-order valence-corrected chi connectivity index (χ4v) is 2.21. The largest absolute Gasteiger partial charge is 0.456 e. The molecular formula is C13H20N2O2. The molecule has 1 aliphatic heterocycles. The molecule has 0 aromatic carbocycles. The maximum atomic E-state index is 12.0. The topological polar surface area (TPSA) is 54.3 Å². The van der Waals surface area contributed by atoms with Crippen LogP contribution in [0.2, 0.25) is 0 Å². The van der Waals surface area contributed by atoms with E-state index >= 15 is 0 Å². The van der Waals surface area contributed by atoms with Crippen molar-refractivity contribution in [1.29, 1.82) is 0 Å². The lowest BCUT2D eigenvalue weighted by molar-refractivity contribution is 0.0901. The van der Waals surface area contributed by atoms with Gasteiger partial charge in [0.05, 0.1) is 0 Å². The van der Waals surface area contributed by atoms with Crippen molar-refractivity contribution < 1.29 is 9.21 Å². The molecule has 17 heavy (non-hydrogen) atoms. The van der Waals surface area contributed by atoms with Gasteiger partial charge < -0.3 is 15.1 Å². The Morgan fingerprint density at radius 2 is 2.47 bits per heavy atom. The zero-order valence-electron chi connectivity index (χ0n) is 10.5. The number of carbonyl (C=O) groups is 1. The van der Waals surface area contributed by atoms with Crippen LogP contribution >= 0.6 is 0 Å². The predicted octanol–water partition coefficient (Wildman–Crippen LogP) is 1.63. The zero-order chi connectivity index (χ0) is 12.3. The third-order valence-corrected chi connectivity index (χ3v) is 3.20. The normalized spacial score (nSPS) is 20.2. The van der Waals surface area contributed by atoms with Gasteiger partial charge in [-0.3, -0.25) is 4.79 Å². The minimum atomic E-state index is -0.0958. The molecule has 0 unspecified atom stereocenters. The van der Waals surface area contributed by atoms with Gasteiger partial charge in [0.2, 0.25) is 0 Å². The van der Waals surface area contributed by atoms with E-state index in [1.807, 2.05) is 19.9 Å². The average molecular weight is 236 g/mol. The van der Waals surface area contributed by atoms with E-state index < -0.39 is 0 Å². The third-order valence-electron chi connectivity index (χ3n) is 3.20. The molecule has 4 nitrogen and oxygen atoms in total. The average Bonchev–Trinajstić information content (AvgIpc) is 2.72. The maximum Gasteiger partial charge on any atom is 0.287 e. The highest BCUT2D eigenvalue weighted by molar-refractivity contribution is 5.92. The number of hydrogen-bond donors (Lipinski definition) is 2. The van der Waals surface area contributed by atoms with E-state index in [1.54, 1.807) is 0 Å². The summed E-state index contributed by atoms with van der Waals surface area (Å²) in [6.45, 7) is 5.90. The van der Waals surface area contributed by atoms with Gasteiger partial charge in [-0.25, -0.2) is 0 Å². The van der Waals surface area contributed by atoms with Crippen LogP contribution in [0.15, 0.2) is 10.5 Å². The Balaban J connectivity index is 1.98. The van der Waals surface area contributed by atoms with Crippen LogP contribution in [-0.4, -0.2) is 25.0 Å². The summed E-state index contributed by atoms with van der Waals surface area (Å²) >= 11 is 0. The van der Waals surface area contributed by atoms with Gasteiger partial charge in [0.25, 0.3) is 5.91 Å². The van der Waals surface area contributed by atoms with Crippen LogP contribution in [0.1, 0.15) is 41.6 Å². The molecule has 1 aliphatic rings. The summed E-state index contributed by atoms with van der Waals surface area (Å²) in [5.41, 5.74) is 1.06. The number of nitrogens with one attached hydrogen (secondary N) is 2. The van der Waals surface area contributed by atoms with E-state index in [2.05, 4.69) is 10.6 Å². The Hall–Kier alpha value is -1.29. The number of furan rings is 1. The van der Waals surface area contributed by atoms with Crippen molar-refractivity contribution in [2.24, 2.45) is 0 Å². The summed E-state index contributed by atoms with van der Waals surface area (Å²) < 4.78 is 5.53. The Kier molecular flexibility index (Phi) is 3.84. The number of hydrogen-bond acceptors (Lipinski definition) is 3. The Bertz CT molecular complexity index is 392. The molecule has 0 radical (unpaired) electrons. The minimum absolute atomic E-state index is 0.0958. The Labute approximate surface area is 102 Å². The Morgan fingerprint density at radius 3 is 3.06 bits per heavy atom. The summed E-state index contributed by atoms with van der Waals surface area (Å²) in [4.78, 5) is 12.0. The summed E-state index contributed by atoms with van der Waals surface area (Å²) in [6, 6.07) is 2.05. The Morgan fingerprint density at radius 1 is 1.65 bits per heavy atom. The van der Waals surface area contributed by atoms with Gasteiger partial charge in [-0.2, -0.15) is 0 Å². The van der Waals surface area contributed by atoms with E-state index in [1.165, 1.54) is 0 Å². The smallest absolute Gasteiger partial charge is 0.287 e. The van der Waals surface area contributed by atoms with E-state index in [9.17, 15) is 4.79 Å². The molecule has 1 fully saturated rings. The maximum absolute atomic E-state index is 12.0. The molecule has 0 aliphatic carbocycles. The highest BCUT2D eigenvalue weighted by Crippen LogP contribution is 2.15. The second-order valence-electron chi connectivity index (χ2n) is 4.59. The van der Waals surface area contributed by atoms with E-state index in [0.29, 0.717) is 5.76 Å². The zero-order valence-corrected chi connectivity index (χ0v) is 10.5. The van der Waals surface area contributed by atoms with Crippen molar-refractivity contribution in [3.8, 4) is 0 Å². The molecule has 1 saturated heterocycles. The summed E-state index contributed by atoms with van der Waals surface area (Å²) in [7, 11) is 0. The van der Waals surface area contributed by atoms with Crippen LogP contribution in [0.25, 0.3) is 0 Å². The monoisotopic (exact) mass is 236 g/mol. The minimum Gasteiger partial charge on any atom is -0.456 e. The van der Waals surface area contributed by atoms with E-state index in [0.717, 1.165) is 43.7 Å². The lowest BCUT2D eigenvalue weighted by Gasteiger charge is -2.23. The first-order chi connectivity index (χ1) is 8.20. The van der Waals surface area contributed by atoms with E-state index in [-0.39, 0.29) is 11.9 Å². The predicted molar refractivity (Wildman–Crippen MR) is 66.2 cm³/mol. The lowest BCUT2D eigenvalue weighted by Crippen LogP contribution is -2.45. The molecule has 4 heteroatoms. The van der Waals surface area contributed by atoms with Crippen LogP contribution < -0.4 is 10.6 Å². The number of aryl methyl sites for hydroxylation is 2. The van der Waals surface area contributed by atoms with Gasteiger partial charge in [-0.05, 0) is 37.9 Å². The standard InChI is InChI=1S/C13H20N2O2/c1-3-11-9(2)7-12(17-11)13(16)15-10-5-4-6-14-8-10/h7,10,14H,3-6,8H2,1-2H3,(H,15,16)/t10-/m0/s1. The number of carbonyl (C=O) groups excluding carboxylic acids is 1. The molecule has 0 saturated carbocycles. The molecule has 1 atom stereocenters. The molecule has 1 aromatic rings. The van der Waals surface area contributed by atoms with Crippen molar-refractivity contribution in [3.05, 3.63) is 23.2 Å². The van der Waals surface area contributed by atoms with Crippen molar-refractivity contribution in [2.45, 2.75) is 39.2 Å². The molecule has 2 heterocycles. The third kappa shape index (κ3) is 2.88. The van der Waals surface area contributed by atoms with Gasteiger partial charge in [-0.15, -0.1) is 0 Å². The van der Waals surface area contributed by atoms with Crippen molar-refractivity contribution in [1.82, 2.24) is 10.6 Å². The number of piperidine rings is 1. The summed E-state index contributed by atoms with van der Waals surface area (Å²) in [5.74, 6) is 1.24. The van der Waals surface area contributed by atoms with Crippen LogP contribution in [0.3, 0.4) is 0 Å². The molecule has 2 rings (SSSR count). The van der Waals surface area contributed by atoms with Crippen LogP contribution in [0, 0.1) is 6.92 Å². The fourth-order valence-electron chi connectivity index (χ4n) is 2.21. The first-order valence-electron chi connectivity index (χ1n) is 6.31. The lowest BCUT2D eigenvalue weighted by atomic mass is 10.1. The molecule has 2 N–H and O–H groups in total. The molecule has 1 aromatic heterocycles. The van der Waals surface area contributed by atoms with Gasteiger partial charge in [0.1, 0.15) is 5.76 Å². The van der Waals surface area contributed by atoms with Crippen LogP contribution in [0.5, 0.6) is 0 Å². The highest BCUT2D eigenvalue weighted by atomic mass is 16.4. The molecule has 0 spiro atoms. The van der Waals surface area contributed by atoms with Gasteiger partial charge in [0, 0.05) is 19.0 Å². The molecule has 0 bridgehead atoms. The van der Waals surface area contributed by atoms with Crippen LogP contribution in [0.4, 0.5) is 0 Å². The van der Waals surface area contributed by atoms with Gasteiger partial charge in [0.15, 0.2) is 5.76 Å². The van der Waals surface area contributed by atoms with Crippen molar-refractivity contribution in [2.75, 3.05) is 13.1 Å². The first kappa shape index (κ1) is 12.2. The van der Waals surface area contributed by atoms with Gasteiger partial charge >= 0.3 is 0 Å². The fraction of sp³-hybridized carbons (Fsp3) is 0.615. The molecule has 94 valence electrons. The van der Waals surface area contributed by atoms with Crippen LogP contribution in [-0.2, 0) is 6.42 Å². The van der Waals surface area contributed by atoms with E-state index in [4.69, 9.17) is 4.42 Å². The molecular weight excluding hydrogens is 216 g/mol. The molecule has 1 amide bonds. The summed E-state index contributed by atoms with van der Waals surface area (Å²) in [5, 5.41) is 6.28. The first-order valence-corrected chi connectivity index (χ1v) is 6.31. The number of rotatable bonds is 3.